The normalized spacial score (nSPS) is 12.0. The van der Waals surface area contributed by atoms with E-state index in [4.69, 9.17) is 29.9 Å². The zero-order valence-corrected chi connectivity index (χ0v) is 65.6. The van der Waals surface area contributed by atoms with Gasteiger partial charge in [-0.2, -0.15) is 0 Å². The Labute approximate surface area is 690 Å². The monoisotopic (exact) mass is 1520 g/mol. The Morgan fingerprint density at radius 2 is 0.487 bits per heavy atom. The summed E-state index contributed by atoms with van der Waals surface area (Å²) in [5.41, 5.74) is 31.7. The van der Waals surface area contributed by atoms with Crippen LogP contribution < -0.4 is 0 Å². The highest BCUT2D eigenvalue weighted by atomic mass is 14.9. The fraction of sp³-hybridized carbons (Fsp3) is 0.0265. The standard InChI is InChI=1S/C39H28N2.C38H24N2.C36H24N2/c1-39(2)33-24-29(20-21-31(33)32-22-27-16-9-10-17-28(27)23-34(32)39)30-18-11-19-35-38(30)41-37(26-14-7-4-8-15-26)36(40-35)25-12-5-3-6-13-25;1-3-12-25(13-4-1)36-37(26-14-5-2-6-15-26)40-38-28(20-11-21-35(38)39-36)27-22-23-33-31-18-8-7-16-29(31)30-17-9-10-19-32(30)34(33)24-27;1-3-10-28(11-4-1)35-36(29-12-5-2-6-13-29)38-34-24-32(21-22-33(34)37-35)27-17-15-26(16-18-27)31-20-19-25-9-7-8-14-30(25)23-31/h3-24H,1-2H3;1-24H;1-24H. The van der Waals surface area contributed by atoms with E-state index in [1.165, 1.54) is 92.8 Å². The van der Waals surface area contributed by atoms with E-state index in [2.05, 4.69) is 378 Å². The first kappa shape index (κ1) is 71.3. The summed E-state index contributed by atoms with van der Waals surface area (Å²) in [5.74, 6) is 0. The van der Waals surface area contributed by atoms with E-state index in [0.29, 0.717) is 0 Å². The number of para-hydroxylation sites is 2. The average molecular weight is 1520 g/mol. The van der Waals surface area contributed by atoms with Crippen LogP contribution in [0.1, 0.15) is 25.0 Å². The van der Waals surface area contributed by atoms with Crippen LogP contribution in [0.3, 0.4) is 0 Å². The van der Waals surface area contributed by atoms with Crippen LogP contribution in [-0.2, 0) is 5.41 Å². The number of aromatic nitrogens is 6. The van der Waals surface area contributed by atoms with Gasteiger partial charge in [0.2, 0.25) is 0 Å². The summed E-state index contributed by atoms with van der Waals surface area (Å²) in [7, 11) is 0. The summed E-state index contributed by atoms with van der Waals surface area (Å²) in [6.45, 7) is 4.69. The summed E-state index contributed by atoms with van der Waals surface area (Å²) < 4.78 is 0. The molecule has 22 aromatic rings. The molecule has 23 rings (SSSR count). The van der Waals surface area contributed by atoms with E-state index < -0.39 is 0 Å². The predicted molar refractivity (Wildman–Crippen MR) is 498 cm³/mol. The molecule has 0 unspecified atom stereocenters. The van der Waals surface area contributed by atoms with E-state index in [1.54, 1.807) is 0 Å². The zero-order valence-electron chi connectivity index (χ0n) is 65.6. The highest BCUT2D eigenvalue weighted by Gasteiger charge is 2.36. The fourth-order valence-electron chi connectivity index (χ4n) is 17.5. The van der Waals surface area contributed by atoms with Crippen molar-refractivity contribution in [3.63, 3.8) is 0 Å². The molecule has 0 saturated heterocycles. The van der Waals surface area contributed by atoms with Crippen LogP contribution in [-0.4, -0.2) is 29.9 Å². The second kappa shape index (κ2) is 30.4. The topological polar surface area (TPSA) is 77.3 Å². The molecule has 558 valence electrons. The Morgan fingerprint density at radius 1 is 0.160 bits per heavy atom. The van der Waals surface area contributed by atoms with Gasteiger partial charge in [-0.25, -0.2) is 29.9 Å². The second-order valence-electron chi connectivity index (χ2n) is 31.1. The van der Waals surface area contributed by atoms with Gasteiger partial charge in [0, 0.05) is 49.9 Å². The van der Waals surface area contributed by atoms with Crippen molar-refractivity contribution in [1.82, 2.24) is 29.9 Å². The van der Waals surface area contributed by atoms with Gasteiger partial charge in [-0.05, 0) is 164 Å². The third kappa shape index (κ3) is 13.3. The first-order valence-corrected chi connectivity index (χ1v) is 40.6. The SMILES string of the molecule is CC1(C)c2cc(-c3cccc4nc(-c5ccccc5)c(-c5ccccc5)nc34)ccc2-c2cc3ccccc3cc21.c1ccc(-c2nc3ccc(-c4ccc(-c5ccc6ccccc6c5)cc4)cc3nc2-c2ccccc2)cc1.c1ccc(-c2nc3cccc(-c4ccc5c6ccccc6c6ccccc6c5c4)c3nc2-c2ccccc2)cc1. The molecule has 1 aliphatic rings. The highest BCUT2D eigenvalue weighted by molar-refractivity contribution is 6.26. The predicted octanol–water partition coefficient (Wildman–Crippen LogP) is 29.6. The molecule has 6 heteroatoms. The zero-order chi connectivity index (χ0) is 79.3. The molecular weight excluding hydrogens is 1440 g/mol. The Bertz CT molecular complexity index is 7610. The molecule has 3 heterocycles. The Morgan fingerprint density at radius 3 is 0.958 bits per heavy atom. The van der Waals surface area contributed by atoms with E-state index in [-0.39, 0.29) is 5.41 Å². The van der Waals surface area contributed by atoms with Gasteiger partial charge in [-0.3, -0.25) is 0 Å². The first-order valence-electron chi connectivity index (χ1n) is 40.6. The lowest BCUT2D eigenvalue weighted by atomic mass is 9.81. The van der Waals surface area contributed by atoms with Crippen molar-refractivity contribution in [3.05, 3.63) is 436 Å². The number of benzene rings is 19. The molecule has 119 heavy (non-hydrogen) atoms. The number of hydrogen-bond donors (Lipinski definition) is 0. The summed E-state index contributed by atoms with van der Waals surface area (Å²) in [5, 5.41) is 12.7. The maximum absolute atomic E-state index is 5.34. The third-order valence-corrected chi connectivity index (χ3v) is 23.5. The molecule has 0 radical (unpaired) electrons. The molecular formula is C113H76N6. The molecule has 1 aliphatic carbocycles. The molecule has 6 nitrogen and oxygen atoms in total. The Hall–Kier alpha value is -15.5. The summed E-state index contributed by atoms with van der Waals surface area (Å²) in [6.07, 6.45) is 0. The number of rotatable bonds is 10. The third-order valence-electron chi connectivity index (χ3n) is 23.5. The number of nitrogens with zero attached hydrogens (tertiary/aromatic N) is 6. The van der Waals surface area contributed by atoms with Crippen LogP contribution in [0.2, 0.25) is 0 Å². The van der Waals surface area contributed by atoms with Gasteiger partial charge in [0.25, 0.3) is 0 Å². The van der Waals surface area contributed by atoms with Crippen LogP contribution in [0.25, 0.3) is 210 Å². The lowest BCUT2D eigenvalue weighted by Gasteiger charge is -2.22. The van der Waals surface area contributed by atoms with E-state index in [9.17, 15) is 0 Å². The second-order valence-corrected chi connectivity index (χ2v) is 31.1. The van der Waals surface area contributed by atoms with Crippen molar-refractivity contribution in [2.45, 2.75) is 19.3 Å². The van der Waals surface area contributed by atoms with Gasteiger partial charge < -0.3 is 0 Å². The van der Waals surface area contributed by atoms with E-state index >= 15 is 0 Å². The van der Waals surface area contributed by atoms with Gasteiger partial charge in [-0.15, -0.1) is 0 Å². The Kier molecular flexibility index (Phi) is 18.2. The Balaban J connectivity index is 0.000000111. The average Bonchev–Trinajstić information content (AvgIpc) is 1.65. The molecule has 0 atom stereocenters. The fourth-order valence-corrected chi connectivity index (χ4v) is 17.5. The lowest BCUT2D eigenvalue weighted by Crippen LogP contribution is -2.15. The van der Waals surface area contributed by atoms with Crippen LogP contribution >= 0.6 is 0 Å². The molecule has 0 saturated carbocycles. The number of fused-ring (bicyclic) bond motifs is 14. The quantitative estimate of drug-likeness (QED) is 0.127. The van der Waals surface area contributed by atoms with Gasteiger partial charge >= 0.3 is 0 Å². The van der Waals surface area contributed by atoms with Crippen LogP contribution in [0.15, 0.2) is 425 Å². The molecule has 0 N–H and O–H groups in total. The largest absolute Gasteiger partial charge is 0.244 e. The first-order chi connectivity index (χ1) is 58.7. The minimum Gasteiger partial charge on any atom is -0.244 e. The van der Waals surface area contributed by atoms with Crippen molar-refractivity contribution < 1.29 is 0 Å². The molecule has 0 aliphatic heterocycles. The van der Waals surface area contributed by atoms with Crippen molar-refractivity contribution in [2.75, 3.05) is 0 Å². The molecule has 0 bridgehead atoms. The van der Waals surface area contributed by atoms with Crippen molar-refractivity contribution in [2.24, 2.45) is 0 Å². The van der Waals surface area contributed by atoms with Gasteiger partial charge in [0.15, 0.2) is 0 Å². The van der Waals surface area contributed by atoms with Crippen molar-refractivity contribution >= 4 is 87.0 Å². The minimum absolute atomic E-state index is 0.101. The van der Waals surface area contributed by atoms with Crippen LogP contribution in [0.5, 0.6) is 0 Å². The van der Waals surface area contributed by atoms with E-state index in [0.717, 1.165) is 128 Å². The summed E-state index contributed by atoms with van der Waals surface area (Å²) in [6, 6.07) is 150. The number of hydrogen-bond acceptors (Lipinski definition) is 6. The van der Waals surface area contributed by atoms with Gasteiger partial charge in [-0.1, -0.05) is 384 Å². The highest BCUT2D eigenvalue weighted by Crippen LogP contribution is 2.52. The molecule has 3 aromatic heterocycles. The van der Waals surface area contributed by atoms with E-state index in [1.807, 2.05) is 60.7 Å². The summed E-state index contributed by atoms with van der Waals surface area (Å²) >= 11 is 0. The molecule has 0 spiro atoms. The van der Waals surface area contributed by atoms with Crippen LogP contribution in [0.4, 0.5) is 0 Å². The summed E-state index contributed by atoms with van der Waals surface area (Å²) in [4.78, 5) is 31.3. The lowest BCUT2D eigenvalue weighted by molar-refractivity contribution is 0.661. The molecule has 19 aromatic carbocycles. The van der Waals surface area contributed by atoms with Crippen molar-refractivity contribution in [1.29, 1.82) is 0 Å². The maximum Gasteiger partial charge on any atom is 0.0973 e. The molecule has 0 fully saturated rings. The van der Waals surface area contributed by atoms with Crippen LogP contribution in [0, 0.1) is 0 Å². The van der Waals surface area contributed by atoms with Crippen molar-refractivity contribution in [3.8, 4) is 123 Å². The molecule has 0 amide bonds. The van der Waals surface area contributed by atoms with Gasteiger partial charge in [0.05, 0.1) is 67.3 Å². The smallest absolute Gasteiger partial charge is 0.0973 e. The minimum atomic E-state index is -0.101. The maximum atomic E-state index is 5.34. The van der Waals surface area contributed by atoms with Gasteiger partial charge in [0.1, 0.15) is 0 Å².